The molecule has 2 heterocycles. The smallest absolute Gasteiger partial charge is 0.295 e. The largest absolute Gasteiger partial charge is 0.508 e. The quantitative estimate of drug-likeness (QED) is 0.147. The number of hydrogen-bond acceptors (Lipinski definition) is 6. The first-order chi connectivity index (χ1) is 18.8. The zero-order valence-corrected chi connectivity index (χ0v) is 22.5. The first kappa shape index (κ1) is 26.5. The van der Waals surface area contributed by atoms with Crippen LogP contribution < -0.4 is 9.47 Å². The summed E-state index contributed by atoms with van der Waals surface area (Å²) >= 11 is 12.8. The third-order valence-corrected chi connectivity index (χ3v) is 7.44. The number of ketones is 1. The Morgan fingerprint density at radius 2 is 1.77 bits per heavy atom. The molecule has 3 N–H and O–H groups in total. The van der Waals surface area contributed by atoms with Gasteiger partial charge in [-0.05, 0) is 41.8 Å². The molecule has 0 saturated carbocycles. The molecule has 8 nitrogen and oxygen atoms in total. The van der Waals surface area contributed by atoms with Crippen LogP contribution in [0.1, 0.15) is 22.7 Å². The average molecular weight is 567 g/mol. The lowest BCUT2D eigenvalue weighted by atomic mass is 9.94. The number of amides is 1. The van der Waals surface area contributed by atoms with E-state index in [9.17, 15) is 19.8 Å². The van der Waals surface area contributed by atoms with Crippen molar-refractivity contribution < 1.29 is 29.3 Å². The Bertz CT molecular complexity index is 1640. The monoisotopic (exact) mass is 566 g/mol. The maximum absolute atomic E-state index is 13.5. The minimum Gasteiger partial charge on any atom is -0.508 e. The maximum atomic E-state index is 13.5. The number of phenolic OH excluding ortho intramolecular Hbond substituents is 1. The second-order valence-corrected chi connectivity index (χ2v) is 9.77. The number of likely N-dealkylation sites (tertiary alicyclic amines) is 1. The van der Waals surface area contributed by atoms with E-state index >= 15 is 0 Å². The molecule has 1 saturated heterocycles. The summed E-state index contributed by atoms with van der Waals surface area (Å²) < 4.78 is 10.7. The van der Waals surface area contributed by atoms with E-state index in [1.54, 1.807) is 12.1 Å². The van der Waals surface area contributed by atoms with Crippen molar-refractivity contribution in [3.63, 3.8) is 0 Å². The molecule has 1 amide bonds. The number of aromatic amines is 1. The first-order valence-electron chi connectivity index (χ1n) is 12.0. The third kappa shape index (κ3) is 4.56. The minimum atomic E-state index is -0.994. The number of methoxy groups -OCH3 is 2. The normalized spacial score (nSPS) is 16.7. The Morgan fingerprint density at radius 3 is 2.49 bits per heavy atom. The number of phenols is 1. The Kier molecular flexibility index (Phi) is 7.16. The van der Waals surface area contributed by atoms with Crippen LogP contribution in [-0.2, 0) is 16.0 Å². The van der Waals surface area contributed by atoms with Crippen molar-refractivity contribution in [1.29, 1.82) is 0 Å². The number of fused-ring (bicyclic) bond motifs is 1. The fourth-order valence-corrected chi connectivity index (χ4v) is 5.71. The zero-order chi connectivity index (χ0) is 27.8. The van der Waals surface area contributed by atoms with Crippen molar-refractivity contribution in [2.75, 3.05) is 20.8 Å². The van der Waals surface area contributed by atoms with E-state index in [0.29, 0.717) is 12.0 Å². The summed E-state index contributed by atoms with van der Waals surface area (Å²) in [7, 11) is 2.73. The molecule has 1 unspecified atom stereocenters. The fraction of sp³-hybridized carbons (Fsp3) is 0.172. The molecular weight excluding hydrogens is 543 g/mol. The molecule has 0 aliphatic carbocycles. The number of Topliss-reactive ketones (excluding diaryl/α,β-unsaturated/α-hetero) is 1. The summed E-state index contributed by atoms with van der Waals surface area (Å²) in [4.78, 5) is 31.5. The number of aliphatic hydroxyl groups excluding tert-OH is 1. The first-order valence-corrected chi connectivity index (χ1v) is 12.7. The van der Waals surface area contributed by atoms with Crippen LogP contribution in [0.4, 0.5) is 0 Å². The Balaban J connectivity index is 1.64. The Morgan fingerprint density at radius 1 is 1.03 bits per heavy atom. The van der Waals surface area contributed by atoms with Gasteiger partial charge in [0, 0.05) is 23.6 Å². The highest BCUT2D eigenvalue weighted by Gasteiger charge is 2.46. The number of aliphatic hydroxyl groups is 1. The number of nitrogens with zero attached hydrogens (tertiary/aromatic N) is 1. The second-order valence-electron chi connectivity index (χ2n) is 8.98. The standard InChI is InChI=1S/C29H24Cl2N2O6/c1-38-27-19(13-20(30)28(39-2)23(27)31)25(35)22-24(15-6-5-7-17(34)12-15)33(29(37)26(22)36)11-10-16-14-32-21-9-4-3-8-18(16)21/h3-9,12-14,24,32,34-35H,10-11H2,1-2H3/b25-22+. The number of para-hydroxylation sites is 1. The molecule has 0 bridgehead atoms. The minimum absolute atomic E-state index is 0.00322. The van der Waals surface area contributed by atoms with Crippen LogP contribution >= 0.6 is 23.2 Å². The van der Waals surface area contributed by atoms with Gasteiger partial charge in [-0.1, -0.05) is 53.5 Å². The number of aromatic nitrogens is 1. The molecule has 5 rings (SSSR count). The number of carbonyl (C=O) groups is 2. The van der Waals surface area contributed by atoms with Gasteiger partial charge in [-0.15, -0.1) is 0 Å². The summed E-state index contributed by atoms with van der Waals surface area (Å²) in [6, 6.07) is 14.4. The highest BCUT2D eigenvalue weighted by molar-refractivity contribution is 6.47. The van der Waals surface area contributed by atoms with E-state index < -0.39 is 23.5 Å². The number of benzene rings is 3. The van der Waals surface area contributed by atoms with E-state index in [-0.39, 0.29) is 45.0 Å². The molecular formula is C29H24Cl2N2O6. The summed E-state index contributed by atoms with van der Waals surface area (Å²) in [5.41, 5.74) is 2.21. The molecule has 0 radical (unpaired) electrons. The van der Waals surface area contributed by atoms with Crippen molar-refractivity contribution in [1.82, 2.24) is 9.88 Å². The van der Waals surface area contributed by atoms with Crippen molar-refractivity contribution in [3.05, 3.63) is 93.1 Å². The van der Waals surface area contributed by atoms with Gasteiger partial charge in [-0.2, -0.15) is 0 Å². The number of aromatic hydroxyl groups is 1. The van der Waals surface area contributed by atoms with Gasteiger partial charge in [0.15, 0.2) is 11.5 Å². The number of nitrogens with one attached hydrogen (secondary N) is 1. The molecule has 10 heteroatoms. The van der Waals surface area contributed by atoms with Gasteiger partial charge in [0.05, 0.1) is 36.4 Å². The molecule has 1 aliphatic rings. The highest BCUT2D eigenvalue weighted by Crippen LogP contribution is 2.47. The summed E-state index contributed by atoms with van der Waals surface area (Å²) in [5.74, 6) is -2.08. The summed E-state index contributed by atoms with van der Waals surface area (Å²) in [6.45, 7) is 0.171. The van der Waals surface area contributed by atoms with Gasteiger partial charge in [0.25, 0.3) is 11.7 Å². The molecule has 1 fully saturated rings. The average Bonchev–Trinajstić information content (AvgIpc) is 3.45. The van der Waals surface area contributed by atoms with Gasteiger partial charge in [-0.25, -0.2) is 0 Å². The second kappa shape index (κ2) is 10.6. The fourth-order valence-electron chi connectivity index (χ4n) is 5.02. The van der Waals surface area contributed by atoms with Gasteiger partial charge >= 0.3 is 0 Å². The van der Waals surface area contributed by atoms with Gasteiger partial charge in [0.2, 0.25) is 0 Å². The van der Waals surface area contributed by atoms with Gasteiger partial charge in [0.1, 0.15) is 16.5 Å². The number of hydrogen-bond donors (Lipinski definition) is 3. The Labute approximate surface area is 234 Å². The van der Waals surface area contributed by atoms with Gasteiger partial charge in [-0.3, -0.25) is 9.59 Å². The van der Waals surface area contributed by atoms with E-state index in [0.717, 1.165) is 16.5 Å². The van der Waals surface area contributed by atoms with Crippen molar-refractivity contribution in [2.45, 2.75) is 12.5 Å². The molecule has 1 atom stereocenters. The molecule has 1 aromatic heterocycles. The number of H-pyrrole nitrogens is 1. The van der Waals surface area contributed by atoms with E-state index in [2.05, 4.69) is 4.98 Å². The van der Waals surface area contributed by atoms with Crippen LogP contribution in [0.3, 0.4) is 0 Å². The van der Waals surface area contributed by atoms with Crippen LogP contribution in [0, 0.1) is 0 Å². The highest BCUT2D eigenvalue weighted by atomic mass is 35.5. The number of carbonyl (C=O) groups excluding carboxylic acids is 2. The molecule has 200 valence electrons. The predicted octanol–water partition coefficient (Wildman–Crippen LogP) is 5.86. The molecule has 39 heavy (non-hydrogen) atoms. The van der Waals surface area contributed by atoms with Crippen LogP contribution in [0.5, 0.6) is 17.2 Å². The topological polar surface area (TPSA) is 112 Å². The lowest BCUT2D eigenvalue weighted by Crippen LogP contribution is -2.31. The van der Waals surface area contributed by atoms with Crippen molar-refractivity contribution in [3.8, 4) is 17.2 Å². The summed E-state index contributed by atoms with van der Waals surface area (Å²) in [5, 5.41) is 22.8. The van der Waals surface area contributed by atoms with Gasteiger partial charge < -0.3 is 29.6 Å². The van der Waals surface area contributed by atoms with E-state index in [4.69, 9.17) is 32.7 Å². The van der Waals surface area contributed by atoms with E-state index in [1.807, 2.05) is 30.5 Å². The van der Waals surface area contributed by atoms with Crippen molar-refractivity contribution in [2.24, 2.45) is 0 Å². The third-order valence-electron chi connectivity index (χ3n) is 6.82. The lowest BCUT2D eigenvalue weighted by molar-refractivity contribution is -0.139. The van der Waals surface area contributed by atoms with Crippen LogP contribution in [0.15, 0.2) is 66.4 Å². The van der Waals surface area contributed by atoms with Crippen LogP contribution in [0.2, 0.25) is 10.0 Å². The number of rotatable bonds is 7. The lowest BCUT2D eigenvalue weighted by Gasteiger charge is -2.25. The SMILES string of the molecule is COc1c(Cl)cc(/C(O)=C2\C(=O)C(=O)N(CCc3c[nH]c4ccccc34)C2c2cccc(O)c2)c(OC)c1Cl. The zero-order valence-electron chi connectivity index (χ0n) is 21.0. The molecule has 4 aromatic rings. The van der Waals surface area contributed by atoms with Crippen LogP contribution in [0.25, 0.3) is 16.7 Å². The predicted molar refractivity (Wildman–Crippen MR) is 149 cm³/mol. The van der Waals surface area contributed by atoms with Crippen LogP contribution in [-0.4, -0.2) is 52.6 Å². The molecule has 3 aromatic carbocycles. The number of ether oxygens (including phenoxy) is 2. The van der Waals surface area contributed by atoms with Crippen molar-refractivity contribution >= 4 is 51.6 Å². The molecule has 0 spiro atoms. The Hall–Kier alpha value is -4.14. The summed E-state index contributed by atoms with van der Waals surface area (Å²) in [6.07, 6.45) is 2.31. The maximum Gasteiger partial charge on any atom is 0.295 e. The molecule has 1 aliphatic heterocycles. The van der Waals surface area contributed by atoms with E-state index in [1.165, 1.54) is 37.3 Å². The number of halogens is 2.